The molecule has 1 aliphatic heterocycles. The number of anilines is 1. The van der Waals surface area contributed by atoms with Crippen molar-refractivity contribution in [3.8, 4) is 0 Å². The van der Waals surface area contributed by atoms with Gasteiger partial charge in [0.1, 0.15) is 0 Å². The lowest BCUT2D eigenvalue weighted by atomic mass is 9.98. The number of nitrogens with zero attached hydrogens (tertiary/aromatic N) is 1. The minimum atomic E-state index is 0.693. The molecule has 1 aromatic carbocycles. The third-order valence-corrected chi connectivity index (χ3v) is 3.10. The Morgan fingerprint density at radius 2 is 2.36 bits per heavy atom. The first-order valence-electron chi connectivity index (χ1n) is 5.37. The first-order chi connectivity index (χ1) is 6.79. The largest absolute Gasteiger partial charge is 0.399 e. The lowest BCUT2D eigenvalue weighted by molar-refractivity contribution is 0.354. The fourth-order valence-corrected chi connectivity index (χ4v) is 2.20. The van der Waals surface area contributed by atoms with Gasteiger partial charge in [0.15, 0.2) is 0 Å². The molecule has 14 heavy (non-hydrogen) atoms. The minimum absolute atomic E-state index is 0.693. The summed E-state index contributed by atoms with van der Waals surface area (Å²) in [6.45, 7) is 5.82. The predicted octanol–water partition coefficient (Wildman–Crippen LogP) is 2.08. The maximum absolute atomic E-state index is 5.78. The van der Waals surface area contributed by atoms with Crippen LogP contribution >= 0.6 is 0 Å². The lowest BCUT2D eigenvalue weighted by Gasteiger charge is -2.13. The summed E-state index contributed by atoms with van der Waals surface area (Å²) in [5.74, 6) is 0.693. The van der Waals surface area contributed by atoms with Gasteiger partial charge in [-0.15, -0.1) is 0 Å². The zero-order valence-corrected chi connectivity index (χ0v) is 8.74. The third kappa shape index (κ3) is 1.90. The Balaban J connectivity index is 2.09. The van der Waals surface area contributed by atoms with E-state index in [4.69, 9.17) is 5.73 Å². The Morgan fingerprint density at radius 3 is 3.00 bits per heavy atom. The molecule has 0 spiro atoms. The molecule has 2 heteroatoms. The molecule has 2 rings (SSSR count). The highest BCUT2D eigenvalue weighted by atomic mass is 15.1. The van der Waals surface area contributed by atoms with Crippen LogP contribution < -0.4 is 5.73 Å². The quantitative estimate of drug-likeness (QED) is 0.723. The highest BCUT2D eigenvalue weighted by molar-refractivity contribution is 5.42. The fraction of sp³-hybridized carbons (Fsp3) is 0.500. The van der Waals surface area contributed by atoms with E-state index in [2.05, 4.69) is 30.0 Å². The summed E-state index contributed by atoms with van der Waals surface area (Å²) in [5.41, 5.74) is 8.07. The topological polar surface area (TPSA) is 29.3 Å². The van der Waals surface area contributed by atoms with Gasteiger partial charge in [-0.3, -0.25) is 0 Å². The zero-order chi connectivity index (χ0) is 9.97. The van der Waals surface area contributed by atoms with Gasteiger partial charge >= 0.3 is 0 Å². The SMILES string of the molecule is CCN1CCC(c2cccc(N)c2)C1. The second-order valence-electron chi connectivity index (χ2n) is 4.05. The fourth-order valence-electron chi connectivity index (χ4n) is 2.20. The standard InChI is InChI=1S/C12H18N2/c1-2-14-7-6-11(9-14)10-4-3-5-12(13)8-10/h3-5,8,11H,2,6-7,9,13H2,1H3. The first-order valence-corrected chi connectivity index (χ1v) is 5.37. The number of likely N-dealkylation sites (N-methyl/N-ethyl adjacent to an activating group) is 1. The van der Waals surface area contributed by atoms with Crippen LogP contribution in [0.3, 0.4) is 0 Å². The van der Waals surface area contributed by atoms with E-state index in [1.807, 2.05) is 6.07 Å². The van der Waals surface area contributed by atoms with Crippen LogP contribution in [0.25, 0.3) is 0 Å². The van der Waals surface area contributed by atoms with Crippen molar-refractivity contribution in [2.45, 2.75) is 19.3 Å². The van der Waals surface area contributed by atoms with E-state index in [1.54, 1.807) is 0 Å². The molecule has 0 saturated carbocycles. The van der Waals surface area contributed by atoms with E-state index in [0.29, 0.717) is 5.92 Å². The molecule has 0 aromatic heterocycles. The van der Waals surface area contributed by atoms with Crippen molar-refractivity contribution in [2.75, 3.05) is 25.4 Å². The van der Waals surface area contributed by atoms with Crippen molar-refractivity contribution in [3.63, 3.8) is 0 Å². The van der Waals surface area contributed by atoms with Gasteiger partial charge in [-0.1, -0.05) is 19.1 Å². The van der Waals surface area contributed by atoms with E-state index in [9.17, 15) is 0 Å². The van der Waals surface area contributed by atoms with Gasteiger partial charge in [-0.2, -0.15) is 0 Å². The summed E-state index contributed by atoms with van der Waals surface area (Å²) in [6.07, 6.45) is 1.28. The van der Waals surface area contributed by atoms with Crippen LogP contribution in [-0.2, 0) is 0 Å². The Labute approximate surface area is 85.7 Å². The average Bonchev–Trinajstić information content (AvgIpc) is 2.66. The van der Waals surface area contributed by atoms with E-state index in [1.165, 1.54) is 31.6 Å². The monoisotopic (exact) mass is 190 g/mol. The smallest absolute Gasteiger partial charge is 0.0316 e. The van der Waals surface area contributed by atoms with Gasteiger partial charge in [-0.25, -0.2) is 0 Å². The number of nitrogens with two attached hydrogens (primary N) is 1. The molecule has 1 aromatic rings. The normalized spacial score (nSPS) is 22.8. The number of hydrogen-bond acceptors (Lipinski definition) is 2. The first kappa shape index (κ1) is 9.53. The van der Waals surface area contributed by atoms with Gasteiger partial charge in [0.25, 0.3) is 0 Å². The van der Waals surface area contributed by atoms with Gasteiger partial charge in [-0.05, 0) is 43.1 Å². The molecule has 0 aliphatic carbocycles. The molecule has 1 aliphatic rings. The van der Waals surface area contributed by atoms with Crippen LogP contribution in [0.15, 0.2) is 24.3 Å². The van der Waals surface area contributed by atoms with Gasteiger partial charge in [0.2, 0.25) is 0 Å². The van der Waals surface area contributed by atoms with Crippen LogP contribution in [0, 0.1) is 0 Å². The molecule has 1 saturated heterocycles. The Morgan fingerprint density at radius 1 is 1.50 bits per heavy atom. The van der Waals surface area contributed by atoms with E-state index >= 15 is 0 Å². The maximum Gasteiger partial charge on any atom is 0.0316 e. The Bertz CT molecular complexity index is 309. The third-order valence-electron chi connectivity index (χ3n) is 3.10. The summed E-state index contributed by atoms with van der Waals surface area (Å²) in [4.78, 5) is 2.49. The summed E-state index contributed by atoms with van der Waals surface area (Å²) < 4.78 is 0. The second-order valence-corrected chi connectivity index (χ2v) is 4.05. The van der Waals surface area contributed by atoms with E-state index in [-0.39, 0.29) is 0 Å². The lowest BCUT2D eigenvalue weighted by Crippen LogP contribution is -2.19. The summed E-state index contributed by atoms with van der Waals surface area (Å²) in [5, 5.41) is 0. The molecule has 0 radical (unpaired) electrons. The van der Waals surface area contributed by atoms with Crippen LogP contribution in [-0.4, -0.2) is 24.5 Å². The van der Waals surface area contributed by atoms with Gasteiger partial charge < -0.3 is 10.6 Å². The summed E-state index contributed by atoms with van der Waals surface area (Å²) >= 11 is 0. The van der Waals surface area contributed by atoms with Crippen LogP contribution in [0.2, 0.25) is 0 Å². The molecular weight excluding hydrogens is 172 g/mol. The molecule has 0 bridgehead atoms. The average molecular weight is 190 g/mol. The van der Waals surface area contributed by atoms with Crippen molar-refractivity contribution in [2.24, 2.45) is 0 Å². The molecule has 1 heterocycles. The molecule has 2 nitrogen and oxygen atoms in total. The van der Waals surface area contributed by atoms with Crippen molar-refractivity contribution in [1.82, 2.24) is 4.90 Å². The number of benzene rings is 1. The predicted molar refractivity (Wildman–Crippen MR) is 60.3 cm³/mol. The Hall–Kier alpha value is -1.02. The number of nitrogen functional groups attached to an aromatic ring is 1. The molecule has 76 valence electrons. The summed E-state index contributed by atoms with van der Waals surface area (Å²) in [6, 6.07) is 8.32. The molecular formula is C12H18N2. The summed E-state index contributed by atoms with van der Waals surface area (Å²) in [7, 11) is 0. The second kappa shape index (κ2) is 4.01. The van der Waals surface area contributed by atoms with Crippen molar-refractivity contribution in [3.05, 3.63) is 29.8 Å². The van der Waals surface area contributed by atoms with Gasteiger partial charge in [0, 0.05) is 12.2 Å². The number of rotatable bonds is 2. The van der Waals surface area contributed by atoms with Crippen molar-refractivity contribution >= 4 is 5.69 Å². The molecule has 0 amide bonds. The number of likely N-dealkylation sites (tertiary alicyclic amines) is 1. The van der Waals surface area contributed by atoms with Crippen molar-refractivity contribution < 1.29 is 0 Å². The highest BCUT2D eigenvalue weighted by Crippen LogP contribution is 2.27. The molecule has 2 N–H and O–H groups in total. The van der Waals surface area contributed by atoms with Crippen LogP contribution in [0.4, 0.5) is 5.69 Å². The molecule has 1 unspecified atom stereocenters. The number of hydrogen-bond donors (Lipinski definition) is 1. The van der Waals surface area contributed by atoms with Gasteiger partial charge in [0.05, 0.1) is 0 Å². The van der Waals surface area contributed by atoms with Crippen LogP contribution in [0.1, 0.15) is 24.8 Å². The van der Waals surface area contributed by atoms with Crippen LogP contribution in [0.5, 0.6) is 0 Å². The van der Waals surface area contributed by atoms with Crippen molar-refractivity contribution in [1.29, 1.82) is 0 Å². The van der Waals surface area contributed by atoms with E-state index in [0.717, 1.165) is 5.69 Å². The highest BCUT2D eigenvalue weighted by Gasteiger charge is 2.22. The maximum atomic E-state index is 5.78. The molecule has 1 atom stereocenters. The Kier molecular flexibility index (Phi) is 2.73. The minimum Gasteiger partial charge on any atom is -0.399 e. The van der Waals surface area contributed by atoms with E-state index < -0.39 is 0 Å². The zero-order valence-electron chi connectivity index (χ0n) is 8.74. The molecule has 1 fully saturated rings.